The number of rotatable bonds is 1. The van der Waals surface area contributed by atoms with E-state index in [2.05, 4.69) is 20.8 Å². The third kappa shape index (κ3) is 98.0. The quantitative estimate of drug-likeness (QED) is 0.494. The Morgan fingerprint density at radius 2 is 1.00 bits per heavy atom. The smallest absolute Gasteiger partial charge is 0.0474 e. The van der Waals surface area contributed by atoms with Crippen LogP contribution in [-0.4, -0.2) is 0 Å². The first-order chi connectivity index (χ1) is 3.27. The average molecular weight is 150 g/mol. The molecule has 0 unspecified atom stereocenters. The molecule has 0 aliphatic rings. The van der Waals surface area contributed by atoms with Crippen molar-refractivity contribution in [3.8, 4) is 0 Å². The van der Waals surface area contributed by atoms with Crippen LogP contribution in [0.3, 0.4) is 0 Å². The minimum atomic E-state index is 0. The van der Waals surface area contributed by atoms with Crippen molar-refractivity contribution in [1.82, 2.24) is 0 Å². The Labute approximate surface area is 70.0 Å². The first kappa shape index (κ1) is 32.4. The Balaban J connectivity index is -0.0000000154. The predicted octanol–water partition coefficient (Wildman–Crippen LogP) is 4.99. The van der Waals surface area contributed by atoms with Gasteiger partial charge in [-0.2, -0.15) is 0 Å². The second-order valence-corrected chi connectivity index (χ2v) is 1.80. The molecule has 0 aromatic carbocycles. The van der Waals surface area contributed by atoms with Crippen LogP contribution in [0.4, 0.5) is 0 Å². The minimum Gasteiger partial charge on any atom is -0.0776 e. The summed E-state index contributed by atoms with van der Waals surface area (Å²) >= 11 is 0. The van der Waals surface area contributed by atoms with E-state index in [9.17, 15) is 0 Å². The summed E-state index contributed by atoms with van der Waals surface area (Å²) in [6, 6.07) is 0. The lowest BCUT2D eigenvalue weighted by molar-refractivity contribution is 0.626. The fourth-order valence-electron chi connectivity index (χ4n) is 0. The van der Waals surface area contributed by atoms with Gasteiger partial charge in [0, 0.05) is 0 Å². The maximum absolute atomic E-state index is 2.22. The Hall–Kier alpha value is 0. The van der Waals surface area contributed by atoms with Crippen LogP contribution in [0, 0.1) is 5.92 Å². The van der Waals surface area contributed by atoms with Crippen molar-refractivity contribution in [2.45, 2.75) is 63.3 Å². The highest BCUT2D eigenvalue weighted by molar-refractivity contribution is 4.32. The molecule has 10 heavy (non-hydrogen) atoms. The molecule has 0 aromatic rings. The minimum absolute atomic E-state index is 0. The van der Waals surface area contributed by atoms with E-state index >= 15 is 0 Å². The Morgan fingerprint density at radius 3 is 1.00 bits per heavy atom. The summed E-state index contributed by atoms with van der Waals surface area (Å²) in [5, 5.41) is 0. The van der Waals surface area contributed by atoms with Gasteiger partial charge in [0.15, 0.2) is 0 Å². The lowest BCUT2D eigenvalue weighted by Gasteiger charge is -1.90. The van der Waals surface area contributed by atoms with Gasteiger partial charge in [-0.25, -0.2) is 0 Å². The van der Waals surface area contributed by atoms with Crippen LogP contribution in [0.2, 0.25) is 0 Å². The summed E-state index contributed by atoms with van der Waals surface area (Å²) < 4.78 is 0. The molecule has 0 spiro atoms. The first-order valence-corrected chi connectivity index (χ1v) is 3.27. The molecular weight excluding hydrogens is 120 g/mol. The molecule has 0 aliphatic heterocycles. The lowest BCUT2D eigenvalue weighted by atomic mass is 10.2. The molecule has 0 amide bonds. The van der Waals surface area contributed by atoms with Crippen molar-refractivity contribution in [1.29, 1.82) is 0 Å². The molecule has 0 N–H and O–H groups in total. The largest absolute Gasteiger partial charge is 0.0776 e. The molecular formula is C10H30. The van der Waals surface area contributed by atoms with Gasteiger partial charge in [0.25, 0.3) is 0 Å². The maximum Gasteiger partial charge on any atom is -0.0474 e. The molecule has 0 heterocycles. The molecule has 0 atom stereocenters. The summed E-state index contributed by atoms with van der Waals surface area (Å²) in [6.07, 6.45) is 1.31. The molecule has 70 valence electrons. The van der Waals surface area contributed by atoms with Gasteiger partial charge in [0.1, 0.15) is 0 Å². The van der Waals surface area contributed by atoms with Crippen LogP contribution in [0.25, 0.3) is 0 Å². The highest BCUT2D eigenvalue weighted by Crippen LogP contribution is 1.93. The molecule has 0 fully saturated rings. The molecule has 0 saturated heterocycles. The lowest BCUT2D eigenvalue weighted by Crippen LogP contribution is -1.77. The van der Waals surface area contributed by atoms with E-state index in [1.807, 2.05) is 13.8 Å². The van der Waals surface area contributed by atoms with Crippen molar-refractivity contribution < 1.29 is 0 Å². The molecule has 0 aromatic heterocycles. The van der Waals surface area contributed by atoms with E-state index < -0.39 is 0 Å². The van der Waals surface area contributed by atoms with Crippen LogP contribution in [0.5, 0.6) is 0 Å². The monoisotopic (exact) mass is 150 g/mol. The van der Waals surface area contributed by atoms with Crippen molar-refractivity contribution in [3.05, 3.63) is 0 Å². The SMILES string of the molecule is C.C.C.CC.CCC(C)C. The van der Waals surface area contributed by atoms with Crippen molar-refractivity contribution in [3.63, 3.8) is 0 Å². The molecule has 0 rings (SSSR count). The summed E-state index contributed by atoms with van der Waals surface area (Å²) in [5.41, 5.74) is 0. The Morgan fingerprint density at radius 1 is 0.900 bits per heavy atom. The van der Waals surface area contributed by atoms with Crippen LogP contribution >= 0.6 is 0 Å². The zero-order valence-corrected chi connectivity index (χ0v) is 6.28. The summed E-state index contributed by atoms with van der Waals surface area (Å²) in [4.78, 5) is 0. The van der Waals surface area contributed by atoms with Gasteiger partial charge in [-0.1, -0.05) is 63.3 Å². The topological polar surface area (TPSA) is 0 Å². The fraction of sp³-hybridized carbons (Fsp3) is 1.00. The van der Waals surface area contributed by atoms with Crippen LogP contribution in [0.15, 0.2) is 0 Å². The van der Waals surface area contributed by atoms with Crippen LogP contribution < -0.4 is 0 Å². The van der Waals surface area contributed by atoms with Crippen LogP contribution in [-0.2, 0) is 0 Å². The highest BCUT2D eigenvalue weighted by Gasteiger charge is 1.80. The van der Waals surface area contributed by atoms with Gasteiger partial charge in [0.05, 0.1) is 0 Å². The average Bonchev–Trinajstić information content (AvgIpc) is 1.73. The van der Waals surface area contributed by atoms with Gasteiger partial charge in [-0.05, 0) is 5.92 Å². The molecule has 0 bridgehead atoms. The summed E-state index contributed by atoms with van der Waals surface area (Å²) in [6.45, 7) is 10.6. The Kier molecular flexibility index (Phi) is 117. The highest BCUT2D eigenvalue weighted by atomic mass is 13.9. The van der Waals surface area contributed by atoms with E-state index in [1.165, 1.54) is 6.42 Å². The Bertz CT molecular complexity index is 14.0. The van der Waals surface area contributed by atoms with Gasteiger partial charge >= 0.3 is 0 Å². The molecule has 0 saturated carbocycles. The van der Waals surface area contributed by atoms with Gasteiger partial charge in [0.2, 0.25) is 0 Å². The second-order valence-electron chi connectivity index (χ2n) is 1.80. The van der Waals surface area contributed by atoms with Crippen LogP contribution in [0.1, 0.15) is 63.3 Å². The molecule has 0 nitrogen and oxygen atoms in total. The zero-order chi connectivity index (χ0) is 6.28. The summed E-state index contributed by atoms with van der Waals surface area (Å²) in [7, 11) is 0. The third-order valence-corrected chi connectivity index (χ3v) is 0.816. The zero-order valence-electron chi connectivity index (χ0n) is 6.28. The maximum atomic E-state index is 2.22. The fourth-order valence-corrected chi connectivity index (χ4v) is 0. The van der Waals surface area contributed by atoms with Crippen molar-refractivity contribution >= 4 is 0 Å². The first-order valence-electron chi connectivity index (χ1n) is 3.27. The van der Waals surface area contributed by atoms with E-state index in [-0.39, 0.29) is 22.3 Å². The summed E-state index contributed by atoms with van der Waals surface area (Å²) in [5.74, 6) is 0.884. The number of hydrogen-bond acceptors (Lipinski definition) is 0. The van der Waals surface area contributed by atoms with E-state index in [0.29, 0.717) is 0 Å². The predicted molar refractivity (Wildman–Crippen MR) is 56.7 cm³/mol. The van der Waals surface area contributed by atoms with Gasteiger partial charge < -0.3 is 0 Å². The molecule has 0 aliphatic carbocycles. The van der Waals surface area contributed by atoms with Crippen molar-refractivity contribution in [2.75, 3.05) is 0 Å². The standard InChI is InChI=1S/C5H12.C2H6.3CH4/c1-4-5(2)3;1-2;;;/h5H,4H2,1-3H3;1-2H3;3*1H4. The number of hydrogen-bond donors (Lipinski definition) is 0. The van der Waals surface area contributed by atoms with Gasteiger partial charge in [-0.15, -0.1) is 0 Å². The molecule has 0 heteroatoms. The normalized spacial score (nSPS) is 5.40. The van der Waals surface area contributed by atoms with E-state index in [4.69, 9.17) is 0 Å². The molecule has 0 radical (unpaired) electrons. The van der Waals surface area contributed by atoms with E-state index in [1.54, 1.807) is 0 Å². The van der Waals surface area contributed by atoms with Gasteiger partial charge in [-0.3, -0.25) is 0 Å². The van der Waals surface area contributed by atoms with E-state index in [0.717, 1.165) is 5.92 Å². The van der Waals surface area contributed by atoms with Crippen molar-refractivity contribution in [2.24, 2.45) is 5.92 Å². The third-order valence-electron chi connectivity index (χ3n) is 0.816. The second kappa shape index (κ2) is 36.0.